The summed E-state index contributed by atoms with van der Waals surface area (Å²) in [5, 5.41) is 7.14. The second-order valence-corrected chi connectivity index (χ2v) is 5.84. The lowest BCUT2D eigenvalue weighted by atomic mass is 10.1. The molecule has 29 heavy (non-hydrogen) atoms. The largest absolute Gasteiger partial charge is 0.488 e. The first kappa shape index (κ1) is 21.9. The van der Waals surface area contributed by atoms with Crippen molar-refractivity contribution in [1.82, 2.24) is 15.3 Å². The van der Waals surface area contributed by atoms with E-state index in [9.17, 15) is 9.59 Å². The van der Waals surface area contributed by atoms with Crippen molar-refractivity contribution < 1.29 is 19.1 Å². The highest BCUT2D eigenvalue weighted by Crippen LogP contribution is 2.24. The summed E-state index contributed by atoms with van der Waals surface area (Å²) in [7, 11) is 1.31. The molecule has 0 radical (unpaired) electrons. The van der Waals surface area contributed by atoms with Gasteiger partial charge in [-0.2, -0.15) is 0 Å². The summed E-state index contributed by atoms with van der Waals surface area (Å²) >= 11 is 0. The molecule has 0 aliphatic rings. The summed E-state index contributed by atoms with van der Waals surface area (Å²) in [5.41, 5.74) is 1.15. The van der Waals surface area contributed by atoms with Crippen LogP contribution < -0.4 is 15.4 Å². The molecular weight excluding hydrogens is 396 g/mol. The van der Waals surface area contributed by atoms with Gasteiger partial charge in [0.15, 0.2) is 0 Å². The number of urea groups is 1. The molecule has 0 spiro atoms. The minimum Gasteiger partial charge on any atom is -0.488 e. The Morgan fingerprint density at radius 3 is 2.76 bits per heavy atom. The molecule has 2 amide bonds. The first-order chi connectivity index (χ1) is 13.6. The number of pyridine rings is 2. The number of esters is 1. The van der Waals surface area contributed by atoms with Crippen molar-refractivity contribution in [3.63, 3.8) is 0 Å². The van der Waals surface area contributed by atoms with E-state index in [1.807, 2.05) is 25.1 Å². The number of carbonyl (C=O) groups excluding carboxylic acids is 2. The van der Waals surface area contributed by atoms with E-state index < -0.39 is 5.97 Å². The van der Waals surface area contributed by atoms with Crippen LogP contribution in [0.1, 0.15) is 22.8 Å². The van der Waals surface area contributed by atoms with Crippen LogP contribution in [0, 0.1) is 0 Å². The maximum atomic E-state index is 11.8. The lowest BCUT2D eigenvalue weighted by molar-refractivity contribution is 0.0595. The van der Waals surface area contributed by atoms with Crippen LogP contribution in [0.25, 0.3) is 10.8 Å². The van der Waals surface area contributed by atoms with Gasteiger partial charge < -0.3 is 14.8 Å². The average Bonchev–Trinajstić information content (AvgIpc) is 2.71. The molecule has 0 fully saturated rings. The molecule has 152 valence electrons. The van der Waals surface area contributed by atoms with Crippen molar-refractivity contribution in [2.75, 3.05) is 19.0 Å². The fraction of sp³-hybridized carbons (Fsp3) is 0.200. The van der Waals surface area contributed by atoms with E-state index in [4.69, 9.17) is 9.47 Å². The number of hydrogen-bond donors (Lipinski definition) is 2. The second-order valence-electron chi connectivity index (χ2n) is 5.84. The molecule has 8 nitrogen and oxygen atoms in total. The third-order valence-corrected chi connectivity index (χ3v) is 4.00. The van der Waals surface area contributed by atoms with Gasteiger partial charge in [0.1, 0.15) is 23.7 Å². The lowest BCUT2D eigenvalue weighted by Gasteiger charge is -2.12. The Labute approximate surface area is 174 Å². The Kier molecular flexibility index (Phi) is 7.73. The summed E-state index contributed by atoms with van der Waals surface area (Å²) in [6, 6.07) is 8.84. The molecule has 2 aromatic heterocycles. The highest BCUT2D eigenvalue weighted by atomic mass is 35.5. The minimum absolute atomic E-state index is 0. The predicted molar refractivity (Wildman–Crippen MR) is 112 cm³/mol. The molecule has 0 aliphatic carbocycles. The third kappa shape index (κ3) is 5.32. The number of aromatic nitrogens is 2. The first-order valence-electron chi connectivity index (χ1n) is 8.70. The van der Waals surface area contributed by atoms with Crippen LogP contribution in [-0.2, 0) is 11.3 Å². The van der Waals surface area contributed by atoms with Crippen molar-refractivity contribution >= 4 is 41.0 Å². The molecule has 2 heterocycles. The van der Waals surface area contributed by atoms with Gasteiger partial charge in [0.25, 0.3) is 0 Å². The smallest absolute Gasteiger partial charge is 0.343 e. The monoisotopic (exact) mass is 416 g/mol. The van der Waals surface area contributed by atoms with Gasteiger partial charge in [-0.1, -0.05) is 18.2 Å². The van der Waals surface area contributed by atoms with E-state index in [2.05, 4.69) is 20.6 Å². The van der Waals surface area contributed by atoms with E-state index in [1.165, 1.54) is 13.3 Å². The minimum atomic E-state index is -0.510. The Morgan fingerprint density at radius 1 is 1.17 bits per heavy atom. The summed E-state index contributed by atoms with van der Waals surface area (Å²) in [6.45, 7) is 2.60. The highest BCUT2D eigenvalue weighted by Gasteiger charge is 2.14. The van der Waals surface area contributed by atoms with Crippen LogP contribution in [0.15, 0.2) is 48.9 Å². The van der Waals surface area contributed by atoms with Gasteiger partial charge in [-0.05, 0) is 30.0 Å². The Bertz CT molecular complexity index is 1010. The van der Waals surface area contributed by atoms with Gasteiger partial charge >= 0.3 is 12.0 Å². The van der Waals surface area contributed by atoms with Crippen molar-refractivity contribution in [3.05, 3.63) is 60.0 Å². The Hall–Kier alpha value is -3.39. The number of benzene rings is 1. The van der Waals surface area contributed by atoms with Crippen LogP contribution in [0.3, 0.4) is 0 Å². The van der Waals surface area contributed by atoms with E-state index in [0.717, 1.165) is 16.3 Å². The Morgan fingerprint density at radius 2 is 2.00 bits per heavy atom. The maximum absolute atomic E-state index is 11.8. The van der Waals surface area contributed by atoms with Crippen molar-refractivity contribution in [1.29, 1.82) is 0 Å². The molecule has 0 bridgehead atoms. The molecule has 0 unspecified atom stereocenters. The van der Waals surface area contributed by atoms with Crippen LogP contribution >= 0.6 is 12.4 Å². The molecule has 3 rings (SSSR count). The highest BCUT2D eigenvalue weighted by molar-refractivity contribution is 5.93. The number of nitrogens with one attached hydrogen (secondary N) is 2. The summed E-state index contributed by atoms with van der Waals surface area (Å²) in [4.78, 5) is 31.7. The van der Waals surface area contributed by atoms with Gasteiger partial charge in [-0.25, -0.2) is 14.6 Å². The Balaban J connectivity index is 0.00000300. The topological polar surface area (TPSA) is 102 Å². The fourth-order valence-corrected chi connectivity index (χ4v) is 2.68. The van der Waals surface area contributed by atoms with Gasteiger partial charge in [0.2, 0.25) is 0 Å². The normalized spacial score (nSPS) is 10.0. The van der Waals surface area contributed by atoms with E-state index in [1.54, 1.807) is 24.5 Å². The number of carbonyl (C=O) groups is 2. The summed E-state index contributed by atoms with van der Waals surface area (Å²) in [6.07, 6.45) is 4.64. The summed E-state index contributed by atoms with van der Waals surface area (Å²) in [5.74, 6) is 0.337. The van der Waals surface area contributed by atoms with E-state index in [-0.39, 0.29) is 30.6 Å². The molecule has 0 saturated heterocycles. The number of hydrogen-bond acceptors (Lipinski definition) is 6. The van der Waals surface area contributed by atoms with Gasteiger partial charge in [-0.15, -0.1) is 12.4 Å². The van der Waals surface area contributed by atoms with Crippen molar-refractivity contribution in [2.45, 2.75) is 13.5 Å². The second kappa shape index (κ2) is 10.2. The molecule has 2 N–H and O–H groups in total. The molecule has 0 atom stereocenters. The zero-order valence-corrected chi connectivity index (χ0v) is 16.8. The van der Waals surface area contributed by atoms with Crippen molar-refractivity contribution in [3.8, 4) is 5.75 Å². The van der Waals surface area contributed by atoms with Crippen LogP contribution in [-0.4, -0.2) is 35.6 Å². The van der Waals surface area contributed by atoms with E-state index in [0.29, 0.717) is 18.1 Å². The lowest BCUT2D eigenvalue weighted by Crippen LogP contribution is -2.28. The third-order valence-electron chi connectivity index (χ3n) is 4.00. The quantitative estimate of drug-likeness (QED) is 0.595. The van der Waals surface area contributed by atoms with Gasteiger partial charge in [0.05, 0.1) is 7.11 Å². The average molecular weight is 417 g/mol. The van der Waals surface area contributed by atoms with Crippen LogP contribution in [0.5, 0.6) is 5.75 Å². The number of fused-ring (bicyclic) bond motifs is 1. The van der Waals surface area contributed by atoms with Gasteiger partial charge in [-0.3, -0.25) is 10.3 Å². The standard InChI is InChI=1S/C20H20N4O4.ClH/c1-3-22-20(26)24-18-9-13-5-4-6-14(15(13)11-23-18)12-28-17-7-8-21-10-16(17)19(25)27-2;/h4-11H,3,12H2,1-2H3,(H2,22,23,24,26);1H. The number of methoxy groups -OCH3 is 1. The summed E-state index contributed by atoms with van der Waals surface area (Å²) < 4.78 is 10.6. The number of rotatable bonds is 6. The van der Waals surface area contributed by atoms with Crippen LogP contribution in [0.2, 0.25) is 0 Å². The predicted octanol–water partition coefficient (Wildman–Crippen LogP) is 3.56. The maximum Gasteiger partial charge on any atom is 0.343 e. The number of ether oxygens (including phenoxy) is 2. The van der Waals surface area contributed by atoms with Crippen LogP contribution in [0.4, 0.5) is 10.6 Å². The van der Waals surface area contributed by atoms with E-state index >= 15 is 0 Å². The SMILES string of the molecule is CCNC(=O)Nc1cc2cccc(COc3ccncc3C(=O)OC)c2cn1.Cl. The molecule has 0 aliphatic heterocycles. The molecule has 0 saturated carbocycles. The fourth-order valence-electron chi connectivity index (χ4n) is 2.68. The van der Waals surface area contributed by atoms with Crippen molar-refractivity contribution in [2.24, 2.45) is 0 Å². The zero-order chi connectivity index (χ0) is 19.9. The first-order valence-corrected chi connectivity index (χ1v) is 8.70. The van der Waals surface area contributed by atoms with Gasteiger partial charge in [0, 0.05) is 30.5 Å². The molecule has 3 aromatic rings. The number of amides is 2. The molecule has 9 heteroatoms. The number of anilines is 1. The molecular formula is C20H21ClN4O4. The number of nitrogens with zero attached hydrogens (tertiary/aromatic N) is 2. The zero-order valence-electron chi connectivity index (χ0n) is 16.0. The molecule has 1 aromatic carbocycles. The number of halogens is 1.